The number of pyridine rings is 1. The Labute approximate surface area is 218 Å². The van der Waals surface area contributed by atoms with Crippen molar-refractivity contribution in [2.45, 2.75) is 18.4 Å². The number of ether oxygens (including phenoxy) is 2. The Bertz CT molecular complexity index is 1750. The lowest BCUT2D eigenvalue weighted by Crippen LogP contribution is -2.13. The van der Waals surface area contributed by atoms with Crippen LogP contribution in [0.5, 0.6) is 11.5 Å². The molecule has 0 amide bonds. The van der Waals surface area contributed by atoms with Crippen LogP contribution in [0.1, 0.15) is 16.8 Å². The Morgan fingerprint density at radius 1 is 1.03 bits per heavy atom. The number of nitrogens with zero attached hydrogens (tertiary/aromatic N) is 3. The summed E-state index contributed by atoms with van der Waals surface area (Å²) in [6.45, 7) is 1.98. The number of methoxy groups -OCH3 is 1. The van der Waals surface area contributed by atoms with E-state index in [-0.39, 0.29) is 11.5 Å². The fourth-order valence-corrected chi connectivity index (χ4v) is 5.93. The molecule has 10 heteroatoms. The van der Waals surface area contributed by atoms with Crippen LogP contribution in [0.25, 0.3) is 21.8 Å². The third-order valence-corrected chi connectivity index (χ3v) is 7.95. The molecule has 8 nitrogen and oxygen atoms in total. The smallest absolute Gasteiger partial charge is 0.268 e. The van der Waals surface area contributed by atoms with E-state index in [1.807, 2.05) is 6.92 Å². The minimum absolute atomic E-state index is 0.0880. The van der Waals surface area contributed by atoms with Crippen molar-refractivity contribution in [3.63, 3.8) is 0 Å². The van der Waals surface area contributed by atoms with Gasteiger partial charge in [-0.1, -0.05) is 40.5 Å². The zero-order valence-electron chi connectivity index (χ0n) is 19.9. The van der Waals surface area contributed by atoms with Crippen molar-refractivity contribution in [1.29, 1.82) is 0 Å². The number of halogens is 1. The maximum Gasteiger partial charge on any atom is 0.268 e. The fourth-order valence-electron chi connectivity index (χ4n) is 4.30. The van der Waals surface area contributed by atoms with Crippen molar-refractivity contribution in [2.75, 3.05) is 7.11 Å². The second-order valence-electron chi connectivity index (χ2n) is 8.35. The van der Waals surface area contributed by atoms with Crippen molar-refractivity contribution in [3.05, 3.63) is 94.8 Å². The molecule has 0 aliphatic carbocycles. The van der Waals surface area contributed by atoms with Gasteiger partial charge in [0.05, 0.1) is 46.0 Å². The molecule has 188 valence electrons. The number of aryl methyl sites for hydroxylation is 1. The van der Waals surface area contributed by atoms with E-state index in [2.05, 4.69) is 10.1 Å². The predicted molar refractivity (Wildman–Crippen MR) is 143 cm³/mol. The summed E-state index contributed by atoms with van der Waals surface area (Å²) in [5.41, 5.74) is 2.57. The highest BCUT2D eigenvalue weighted by Crippen LogP contribution is 2.41. The molecule has 0 aliphatic heterocycles. The first-order valence-corrected chi connectivity index (χ1v) is 13.0. The summed E-state index contributed by atoms with van der Waals surface area (Å²) in [5.74, 6) is 0.955. The van der Waals surface area contributed by atoms with Gasteiger partial charge in [0.25, 0.3) is 10.0 Å². The molecule has 0 aliphatic rings. The van der Waals surface area contributed by atoms with Crippen molar-refractivity contribution in [1.82, 2.24) is 8.96 Å². The van der Waals surface area contributed by atoms with Gasteiger partial charge >= 0.3 is 0 Å². The third-order valence-electron chi connectivity index (χ3n) is 5.95. The zero-order chi connectivity index (χ0) is 26.2. The molecule has 5 rings (SSSR count). The quantitative estimate of drug-likeness (QED) is 0.153. The first-order valence-electron chi connectivity index (χ1n) is 11.2. The van der Waals surface area contributed by atoms with Gasteiger partial charge in [0, 0.05) is 23.1 Å². The molecule has 3 aromatic carbocycles. The van der Waals surface area contributed by atoms with E-state index in [0.29, 0.717) is 49.6 Å². The molecule has 0 saturated carbocycles. The summed E-state index contributed by atoms with van der Waals surface area (Å²) in [7, 11) is -2.52. The molecule has 0 unspecified atom stereocenters. The molecule has 0 radical (unpaired) electrons. The van der Waals surface area contributed by atoms with Crippen LogP contribution in [0.15, 0.2) is 83.0 Å². The number of rotatable bonds is 7. The van der Waals surface area contributed by atoms with Crippen molar-refractivity contribution in [2.24, 2.45) is 5.16 Å². The number of fused-ring (bicyclic) bond motifs is 3. The number of hydrogen-bond acceptors (Lipinski definition) is 7. The summed E-state index contributed by atoms with van der Waals surface area (Å²) in [6.07, 6.45) is 2.64. The topological polar surface area (TPSA) is 103 Å². The summed E-state index contributed by atoms with van der Waals surface area (Å²) >= 11 is 6.03. The lowest BCUT2D eigenvalue weighted by atomic mass is 10.1. The third kappa shape index (κ3) is 4.42. The number of hydrogen-bond donors (Lipinski definition) is 1. The van der Waals surface area contributed by atoms with E-state index >= 15 is 0 Å². The second kappa shape index (κ2) is 9.85. The van der Waals surface area contributed by atoms with Crippen LogP contribution in [0, 0.1) is 6.92 Å². The number of oxime groups is 1. The van der Waals surface area contributed by atoms with Crippen LogP contribution in [-0.2, 0) is 21.4 Å². The molecular formula is C27H22ClN3O5S. The SMILES string of the molecule is COCc1c(C=NO)ncc2c1c1c(Oc3ccc(Cl)cc3)cccc1n2S(=O)(=O)c1ccc(C)cc1. The largest absolute Gasteiger partial charge is 0.457 e. The Morgan fingerprint density at radius 2 is 1.76 bits per heavy atom. The molecule has 0 fully saturated rings. The highest BCUT2D eigenvalue weighted by Gasteiger charge is 2.27. The van der Waals surface area contributed by atoms with Gasteiger partial charge in [-0.05, 0) is 55.5 Å². The monoisotopic (exact) mass is 535 g/mol. The van der Waals surface area contributed by atoms with Gasteiger partial charge in [-0.3, -0.25) is 4.98 Å². The van der Waals surface area contributed by atoms with Gasteiger partial charge in [0.1, 0.15) is 11.5 Å². The average Bonchev–Trinajstić information content (AvgIpc) is 3.23. The van der Waals surface area contributed by atoms with Crippen LogP contribution in [0.4, 0.5) is 0 Å². The van der Waals surface area contributed by atoms with E-state index < -0.39 is 10.0 Å². The van der Waals surface area contributed by atoms with Gasteiger partial charge in [0.2, 0.25) is 0 Å². The van der Waals surface area contributed by atoms with E-state index in [9.17, 15) is 13.6 Å². The molecule has 5 aromatic rings. The molecule has 2 heterocycles. The minimum Gasteiger partial charge on any atom is -0.457 e. The van der Waals surface area contributed by atoms with Gasteiger partial charge in [0.15, 0.2) is 0 Å². The predicted octanol–water partition coefficient (Wildman–Crippen LogP) is 6.14. The van der Waals surface area contributed by atoms with Crippen molar-refractivity contribution in [3.8, 4) is 11.5 Å². The maximum absolute atomic E-state index is 14.0. The molecule has 0 saturated heterocycles. The Hall–Kier alpha value is -3.92. The first-order chi connectivity index (χ1) is 17.8. The molecule has 37 heavy (non-hydrogen) atoms. The molecule has 0 bridgehead atoms. The molecule has 0 spiro atoms. The highest BCUT2D eigenvalue weighted by molar-refractivity contribution is 7.90. The van der Waals surface area contributed by atoms with Crippen LogP contribution in [-0.4, -0.2) is 35.9 Å². The fraction of sp³-hybridized carbons (Fsp3) is 0.111. The summed E-state index contributed by atoms with van der Waals surface area (Å²) < 4.78 is 40.9. The standard InChI is InChI=1S/C27H22ClN3O5S/c1-17-6-12-20(13-7-17)37(33,34)31-23-4-3-5-25(36-19-10-8-18(28)9-11-19)27(23)26-21(16-35-2)22(14-30-32)29-15-24(26)31/h3-15,32H,16H2,1-2H3. The summed E-state index contributed by atoms with van der Waals surface area (Å²) in [4.78, 5) is 4.52. The van der Waals surface area contributed by atoms with Gasteiger partial charge in [-0.2, -0.15) is 0 Å². The van der Waals surface area contributed by atoms with Gasteiger partial charge in [-0.15, -0.1) is 0 Å². The minimum atomic E-state index is -4.04. The Morgan fingerprint density at radius 3 is 2.43 bits per heavy atom. The van der Waals surface area contributed by atoms with Crippen LogP contribution in [0.3, 0.4) is 0 Å². The second-order valence-corrected chi connectivity index (χ2v) is 10.6. The Balaban J connectivity index is 1.89. The zero-order valence-corrected chi connectivity index (χ0v) is 21.5. The normalized spacial score (nSPS) is 12.1. The lowest BCUT2D eigenvalue weighted by Gasteiger charge is -2.11. The van der Waals surface area contributed by atoms with Crippen LogP contribution < -0.4 is 4.74 Å². The van der Waals surface area contributed by atoms with Crippen molar-refractivity contribution >= 4 is 49.6 Å². The van der Waals surface area contributed by atoms with E-state index in [4.69, 9.17) is 21.1 Å². The van der Waals surface area contributed by atoms with Crippen molar-refractivity contribution < 1.29 is 23.1 Å². The first kappa shape index (κ1) is 24.8. The average molecular weight is 536 g/mol. The molecule has 0 atom stereocenters. The van der Waals surface area contributed by atoms with E-state index in [1.54, 1.807) is 66.7 Å². The van der Waals surface area contributed by atoms with Crippen LogP contribution in [0.2, 0.25) is 5.02 Å². The molecule has 2 aromatic heterocycles. The van der Waals surface area contributed by atoms with Crippen LogP contribution >= 0.6 is 11.6 Å². The Kier molecular flexibility index (Phi) is 6.59. The maximum atomic E-state index is 14.0. The molecule has 1 N–H and O–H groups in total. The highest BCUT2D eigenvalue weighted by atomic mass is 35.5. The van der Waals surface area contributed by atoms with Gasteiger partial charge in [-0.25, -0.2) is 12.4 Å². The molecular weight excluding hydrogens is 514 g/mol. The lowest BCUT2D eigenvalue weighted by molar-refractivity contribution is 0.185. The van der Waals surface area contributed by atoms with E-state index in [1.165, 1.54) is 23.5 Å². The summed E-state index contributed by atoms with van der Waals surface area (Å²) in [6, 6.07) is 18.7. The summed E-state index contributed by atoms with van der Waals surface area (Å²) in [5, 5.41) is 14.0. The van der Waals surface area contributed by atoms with Gasteiger partial charge < -0.3 is 14.7 Å². The number of benzene rings is 3. The number of aromatic nitrogens is 2. The van der Waals surface area contributed by atoms with E-state index in [0.717, 1.165) is 5.56 Å².